The standard InChI is InChI=1S/C9H13NO4/c1-7(11)5-6-10-8(12)3-4-9(13)14-2/h3-4H,5-6H2,1-2H3,(H,10,12)/b4-3+. The molecule has 0 radical (unpaired) electrons. The monoisotopic (exact) mass is 199 g/mol. The summed E-state index contributed by atoms with van der Waals surface area (Å²) in [5, 5.41) is 2.44. The molecule has 0 fully saturated rings. The molecule has 0 aliphatic carbocycles. The number of carbonyl (C=O) groups is 3. The fourth-order valence-corrected chi connectivity index (χ4v) is 0.632. The van der Waals surface area contributed by atoms with E-state index in [1.165, 1.54) is 14.0 Å². The van der Waals surface area contributed by atoms with Crippen LogP contribution < -0.4 is 5.32 Å². The number of Topliss-reactive ketones (excluding diaryl/α,β-unsaturated/α-hetero) is 1. The van der Waals surface area contributed by atoms with E-state index in [-0.39, 0.29) is 18.7 Å². The molecule has 0 aromatic carbocycles. The average molecular weight is 199 g/mol. The molecule has 1 amide bonds. The first-order chi connectivity index (χ1) is 6.56. The summed E-state index contributed by atoms with van der Waals surface area (Å²) in [6.07, 6.45) is 2.37. The summed E-state index contributed by atoms with van der Waals surface area (Å²) in [7, 11) is 1.22. The van der Waals surface area contributed by atoms with Crippen molar-refractivity contribution in [3.8, 4) is 0 Å². The summed E-state index contributed by atoms with van der Waals surface area (Å²) in [6, 6.07) is 0. The Labute approximate surface area is 82.1 Å². The number of amides is 1. The molecule has 5 heteroatoms. The van der Waals surface area contributed by atoms with Gasteiger partial charge in [-0.3, -0.25) is 9.59 Å². The minimum absolute atomic E-state index is 0.00208. The number of hydrogen-bond acceptors (Lipinski definition) is 4. The highest BCUT2D eigenvalue weighted by Gasteiger charge is 1.98. The molecule has 0 aliphatic heterocycles. The Kier molecular flexibility index (Phi) is 6.02. The van der Waals surface area contributed by atoms with Gasteiger partial charge in [0.1, 0.15) is 5.78 Å². The van der Waals surface area contributed by atoms with Crippen LogP contribution in [0.5, 0.6) is 0 Å². The lowest BCUT2D eigenvalue weighted by Crippen LogP contribution is -2.23. The molecule has 1 N–H and O–H groups in total. The van der Waals surface area contributed by atoms with Gasteiger partial charge in [0, 0.05) is 25.1 Å². The molecule has 0 saturated carbocycles. The summed E-state index contributed by atoms with van der Waals surface area (Å²) in [4.78, 5) is 32.0. The van der Waals surface area contributed by atoms with Gasteiger partial charge in [0.25, 0.3) is 0 Å². The summed E-state index contributed by atoms with van der Waals surface area (Å²) in [6.45, 7) is 1.72. The van der Waals surface area contributed by atoms with Gasteiger partial charge in [0.15, 0.2) is 0 Å². The quantitative estimate of drug-likeness (QED) is 0.492. The van der Waals surface area contributed by atoms with Crippen molar-refractivity contribution in [2.75, 3.05) is 13.7 Å². The van der Waals surface area contributed by atoms with Crippen LogP contribution in [0.15, 0.2) is 12.2 Å². The maximum absolute atomic E-state index is 10.9. The predicted molar refractivity (Wildman–Crippen MR) is 49.5 cm³/mol. The fraction of sp³-hybridized carbons (Fsp3) is 0.444. The summed E-state index contributed by atoms with van der Waals surface area (Å²) in [5.41, 5.74) is 0. The van der Waals surface area contributed by atoms with E-state index in [2.05, 4.69) is 10.1 Å². The molecule has 0 spiro atoms. The SMILES string of the molecule is COC(=O)/C=C/C(=O)NCCC(C)=O. The Morgan fingerprint density at radius 3 is 2.43 bits per heavy atom. The van der Waals surface area contributed by atoms with Crippen LogP contribution >= 0.6 is 0 Å². The van der Waals surface area contributed by atoms with Crippen molar-refractivity contribution in [2.24, 2.45) is 0 Å². The minimum Gasteiger partial charge on any atom is -0.466 e. The molecule has 0 bridgehead atoms. The van der Waals surface area contributed by atoms with Crippen molar-refractivity contribution in [3.63, 3.8) is 0 Å². The number of ether oxygens (including phenoxy) is 1. The van der Waals surface area contributed by atoms with Crippen LogP contribution in [0.3, 0.4) is 0 Å². The molecule has 0 unspecified atom stereocenters. The van der Waals surface area contributed by atoms with Gasteiger partial charge in [0.05, 0.1) is 7.11 Å². The second-order valence-corrected chi connectivity index (χ2v) is 2.60. The molecule has 0 atom stereocenters. The van der Waals surface area contributed by atoms with Crippen molar-refractivity contribution in [1.82, 2.24) is 5.32 Å². The smallest absolute Gasteiger partial charge is 0.330 e. The number of hydrogen-bond donors (Lipinski definition) is 1. The van der Waals surface area contributed by atoms with Gasteiger partial charge in [0.2, 0.25) is 5.91 Å². The fourth-order valence-electron chi connectivity index (χ4n) is 0.632. The van der Waals surface area contributed by atoms with E-state index in [4.69, 9.17) is 0 Å². The van der Waals surface area contributed by atoms with Gasteiger partial charge in [-0.1, -0.05) is 0 Å². The van der Waals surface area contributed by atoms with Crippen LogP contribution in [-0.4, -0.2) is 31.3 Å². The Bertz CT molecular complexity index is 258. The molecule has 78 valence electrons. The molecule has 0 aromatic heterocycles. The van der Waals surface area contributed by atoms with Crippen LogP contribution in [0, 0.1) is 0 Å². The zero-order valence-electron chi connectivity index (χ0n) is 8.20. The number of rotatable bonds is 5. The molecule has 14 heavy (non-hydrogen) atoms. The van der Waals surface area contributed by atoms with Gasteiger partial charge in [-0.25, -0.2) is 4.79 Å². The van der Waals surface area contributed by atoms with Gasteiger partial charge in [-0.2, -0.15) is 0 Å². The van der Waals surface area contributed by atoms with Gasteiger partial charge < -0.3 is 10.1 Å². The van der Waals surface area contributed by atoms with E-state index in [1.807, 2.05) is 0 Å². The Balaban J connectivity index is 3.70. The highest BCUT2D eigenvalue weighted by molar-refractivity contribution is 5.94. The lowest BCUT2D eigenvalue weighted by atomic mass is 10.3. The summed E-state index contributed by atoms with van der Waals surface area (Å²) < 4.78 is 4.28. The summed E-state index contributed by atoms with van der Waals surface area (Å²) >= 11 is 0. The number of ketones is 1. The highest BCUT2D eigenvalue weighted by atomic mass is 16.5. The highest BCUT2D eigenvalue weighted by Crippen LogP contribution is 1.81. The topological polar surface area (TPSA) is 72.5 Å². The third kappa shape index (κ3) is 7.02. The maximum atomic E-state index is 10.9. The zero-order valence-corrected chi connectivity index (χ0v) is 8.20. The molecule has 0 rings (SSSR count). The molecule has 5 nitrogen and oxygen atoms in total. The van der Waals surface area contributed by atoms with E-state index >= 15 is 0 Å². The third-order valence-corrected chi connectivity index (χ3v) is 1.35. The number of nitrogens with one attached hydrogen (secondary N) is 1. The van der Waals surface area contributed by atoms with Crippen LogP contribution in [0.2, 0.25) is 0 Å². The van der Waals surface area contributed by atoms with E-state index in [0.29, 0.717) is 0 Å². The lowest BCUT2D eigenvalue weighted by molar-refractivity contribution is -0.135. The van der Waals surface area contributed by atoms with E-state index in [0.717, 1.165) is 12.2 Å². The summed E-state index contributed by atoms with van der Waals surface area (Å²) in [5.74, 6) is -1.01. The minimum atomic E-state index is -0.591. The molecular weight excluding hydrogens is 186 g/mol. The number of esters is 1. The Morgan fingerprint density at radius 1 is 1.29 bits per heavy atom. The molecule has 0 saturated heterocycles. The van der Waals surface area contributed by atoms with Crippen molar-refractivity contribution in [2.45, 2.75) is 13.3 Å². The predicted octanol–water partition coefficient (Wildman–Crippen LogP) is -0.189. The van der Waals surface area contributed by atoms with E-state index in [1.54, 1.807) is 0 Å². The first-order valence-corrected chi connectivity index (χ1v) is 4.09. The van der Waals surface area contributed by atoms with Crippen LogP contribution in [0.4, 0.5) is 0 Å². The van der Waals surface area contributed by atoms with Crippen LogP contribution in [0.25, 0.3) is 0 Å². The zero-order chi connectivity index (χ0) is 11.0. The van der Waals surface area contributed by atoms with E-state index in [9.17, 15) is 14.4 Å². The first-order valence-electron chi connectivity index (χ1n) is 4.09. The first kappa shape index (κ1) is 12.3. The Hall–Kier alpha value is -1.65. The number of methoxy groups -OCH3 is 1. The van der Waals surface area contributed by atoms with Gasteiger partial charge in [-0.15, -0.1) is 0 Å². The normalized spacial score (nSPS) is 9.86. The largest absolute Gasteiger partial charge is 0.466 e. The van der Waals surface area contributed by atoms with Crippen molar-refractivity contribution >= 4 is 17.7 Å². The average Bonchev–Trinajstić information content (AvgIpc) is 2.13. The molecule has 0 aromatic rings. The maximum Gasteiger partial charge on any atom is 0.330 e. The second-order valence-electron chi connectivity index (χ2n) is 2.60. The lowest BCUT2D eigenvalue weighted by Gasteiger charge is -1.98. The van der Waals surface area contributed by atoms with Crippen LogP contribution in [0.1, 0.15) is 13.3 Å². The molecular formula is C9H13NO4. The molecule has 0 aliphatic rings. The third-order valence-electron chi connectivity index (χ3n) is 1.35. The van der Waals surface area contributed by atoms with E-state index < -0.39 is 11.9 Å². The molecule has 0 heterocycles. The van der Waals surface area contributed by atoms with Crippen molar-refractivity contribution in [1.29, 1.82) is 0 Å². The van der Waals surface area contributed by atoms with Crippen LogP contribution in [-0.2, 0) is 19.1 Å². The van der Waals surface area contributed by atoms with Crippen molar-refractivity contribution in [3.05, 3.63) is 12.2 Å². The Morgan fingerprint density at radius 2 is 1.93 bits per heavy atom. The van der Waals surface area contributed by atoms with Gasteiger partial charge in [-0.05, 0) is 6.92 Å². The number of carbonyl (C=O) groups excluding carboxylic acids is 3. The second kappa shape index (κ2) is 6.82. The van der Waals surface area contributed by atoms with Gasteiger partial charge >= 0.3 is 5.97 Å². The van der Waals surface area contributed by atoms with Crippen molar-refractivity contribution < 1.29 is 19.1 Å².